The first-order valence-electron chi connectivity index (χ1n) is 12.9. The lowest BCUT2D eigenvalue weighted by atomic mass is 9.81. The van der Waals surface area contributed by atoms with Gasteiger partial charge in [0.25, 0.3) is 5.91 Å². The molecule has 3 amide bonds. The molecule has 1 saturated heterocycles. The molecule has 1 heterocycles. The van der Waals surface area contributed by atoms with Gasteiger partial charge in [-0.15, -0.1) is 0 Å². The second-order valence-corrected chi connectivity index (χ2v) is 10.1. The van der Waals surface area contributed by atoms with Crippen LogP contribution in [0.4, 0.5) is 0 Å². The predicted molar refractivity (Wildman–Crippen MR) is 118 cm³/mol. The molecular formula is C25H38N2O5. The minimum atomic E-state index is -0.513. The van der Waals surface area contributed by atoms with Crippen LogP contribution in [-0.4, -0.2) is 58.7 Å². The summed E-state index contributed by atoms with van der Waals surface area (Å²) in [7, 11) is 0. The van der Waals surface area contributed by atoms with E-state index in [9.17, 15) is 19.2 Å². The highest BCUT2D eigenvalue weighted by Crippen LogP contribution is 2.38. The van der Waals surface area contributed by atoms with Crippen molar-refractivity contribution in [1.29, 1.82) is 0 Å². The molecule has 178 valence electrons. The molecule has 4 aliphatic rings. The van der Waals surface area contributed by atoms with E-state index in [2.05, 4.69) is 0 Å². The normalized spacial score (nSPS) is 27.3. The lowest BCUT2D eigenvalue weighted by Crippen LogP contribution is -2.50. The van der Waals surface area contributed by atoms with Crippen LogP contribution in [0.3, 0.4) is 0 Å². The third-order valence-corrected chi connectivity index (χ3v) is 8.05. The summed E-state index contributed by atoms with van der Waals surface area (Å²) in [6.45, 7) is -0.175. The van der Waals surface area contributed by atoms with Crippen LogP contribution in [0.2, 0.25) is 0 Å². The number of rotatable bonds is 7. The first kappa shape index (κ1) is 23.2. The van der Waals surface area contributed by atoms with Crippen molar-refractivity contribution in [2.24, 2.45) is 11.8 Å². The third kappa shape index (κ3) is 5.18. The van der Waals surface area contributed by atoms with Crippen LogP contribution in [0.5, 0.6) is 0 Å². The van der Waals surface area contributed by atoms with Crippen molar-refractivity contribution < 1.29 is 23.9 Å². The Bertz CT molecular complexity index is 669. The van der Waals surface area contributed by atoms with Gasteiger partial charge in [0.15, 0.2) is 6.61 Å². The van der Waals surface area contributed by atoms with Gasteiger partial charge in [0, 0.05) is 18.6 Å². The smallest absolute Gasteiger partial charge is 0.308 e. The molecule has 0 aromatic heterocycles. The highest BCUT2D eigenvalue weighted by Gasteiger charge is 2.47. The first-order valence-corrected chi connectivity index (χ1v) is 12.9. The molecular weight excluding hydrogens is 408 g/mol. The molecule has 7 heteroatoms. The Labute approximate surface area is 191 Å². The molecule has 0 unspecified atom stereocenters. The SMILES string of the molecule is O=C(CCN1C(=O)[C@@H]2CCCC[C@H]2C1=O)OCC(=O)N(C1CCCCC1)C1CCCCC1. The van der Waals surface area contributed by atoms with E-state index in [1.54, 1.807) is 0 Å². The zero-order valence-corrected chi connectivity index (χ0v) is 19.3. The predicted octanol–water partition coefficient (Wildman–Crippen LogP) is 3.59. The van der Waals surface area contributed by atoms with Crippen molar-refractivity contribution in [1.82, 2.24) is 9.80 Å². The number of hydrogen-bond donors (Lipinski definition) is 0. The maximum absolute atomic E-state index is 13.1. The van der Waals surface area contributed by atoms with Gasteiger partial charge in [0.2, 0.25) is 11.8 Å². The van der Waals surface area contributed by atoms with E-state index in [0.29, 0.717) is 0 Å². The first-order chi connectivity index (χ1) is 15.6. The molecule has 0 bridgehead atoms. The second kappa shape index (κ2) is 10.8. The Kier molecular flexibility index (Phi) is 7.84. The number of fused-ring (bicyclic) bond motifs is 1. The largest absolute Gasteiger partial charge is 0.456 e. The number of imide groups is 1. The Morgan fingerprint density at radius 1 is 0.750 bits per heavy atom. The fraction of sp³-hybridized carbons (Fsp3) is 0.840. The summed E-state index contributed by atoms with van der Waals surface area (Å²) in [6, 6.07) is 0.530. The summed E-state index contributed by atoms with van der Waals surface area (Å²) in [5.41, 5.74) is 0. The number of carbonyl (C=O) groups excluding carboxylic acids is 4. The Morgan fingerprint density at radius 2 is 1.22 bits per heavy atom. The van der Waals surface area contributed by atoms with Gasteiger partial charge in [0.05, 0.1) is 18.3 Å². The summed E-state index contributed by atoms with van der Waals surface area (Å²) < 4.78 is 5.34. The number of hydrogen-bond acceptors (Lipinski definition) is 5. The number of carbonyl (C=O) groups is 4. The Balaban J connectivity index is 1.27. The number of nitrogens with zero attached hydrogens (tertiary/aromatic N) is 2. The van der Waals surface area contributed by atoms with Crippen molar-refractivity contribution in [3.63, 3.8) is 0 Å². The van der Waals surface area contributed by atoms with Gasteiger partial charge in [-0.05, 0) is 38.5 Å². The molecule has 3 saturated carbocycles. The summed E-state index contributed by atoms with van der Waals surface area (Å²) in [5.74, 6) is -1.27. The number of ether oxygens (including phenoxy) is 1. The molecule has 0 aromatic carbocycles. The summed E-state index contributed by atoms with van der Waals surface area (Å²) >= 11 is 0. The molecule has 7 nitrogen and oxygen atoms in total. The molecule has 4 fully saturated rings. The average Bonchev–Trinajstić information content (AvgIpc) is 3.07. The molecule has 1 aliphatic heterocycles. The highest BCUT2D eigenvalue weighted by molar-refractivity contribution is 6.05. The standard InChI is InChI=1S/C25H38N2O5/c28-22(27(18-9-3-1-4-10-18)19-11-5-2-6-12-19)17-32-23(29)15-16-26-24(30)20-13-7-8-14-21(20)25(26)31/h18-21H,1-17H2/t20-,21-/m1/s1. The molecule has 4 rings (SSSR count). The second-order valence-electron chi connectivity index (χ2n) is 10.1. The van der Waals surface area contributed by atoms with Crippen molar-refractivity contribution in [2.45, 2.75) is 108 Å². The van der Waals surface area contributed by atoms with Gasteiger partial charge in [-0.25, -0.2) is 0 Å². The fourth-order valence-corrected chi connectivity index (χ4v) is 6.37. The van der Waals surface area contributed by atoms with Crippen LogP contribution in [0, 0.1) is 11.8 Å². The van der Waals surface area contributed by atoms with Crippen LogP contribution >= 0.6 is 0 Å². The van der Waals surface area contributed by atoms with E-state index in [1.165, 1.54) is 17.7 Å². The molecule has 32 heavy (non-hydrogen) atoms. The van der Waals surface area contributed by atoms with Gasteiger partial charge in [-0.2, -0.15) is 0 Å². The van der Waals surface area contributed by atoms with Crippen molar-refractivity contribution in [2.75, 3.05) is 13.2 Å². The minimum absolute atomic E-state index is 0.0446. The maximum atomic E-state index is 13.1. The zero-order valence-electron chi connectivity index (χ0n) is 19.3. The van der Waals surface area contributed by atoms with Gasteiger partial charge in [-0.3, -0.25) is 24.1 Å². The molecule has 0 N–H and O–H groups in total. The number of amides is 3. The van der Waals surface area contributed by atoms with Crippen LogP contribution in [0.1, 0.15) is 96.3 Å². The zero-order chi connectivity index (χ0) is 22.5. The number of likely N-dealkylation sites (tertiary alicyclic amines) is 1. The third-order valence-electron chi connectivity index (χ3n) is 8.05. The van der Waals surface area contributed by atoms with E-state index in [0.717, 1.165) is 77.0 Å². The molecule has 2 atom stereocenters. The molecule has 3 aliphatic carbocycles. The van der Waals surface area contributed by atoms with Crippen LogP contribution in [-0.2, 0) is 23.9 Å². The summed E-state index contributed by atoms with van der Waals surface area (Å²) in [6.07, 6.45) is 14.7. The van der Waals surface area contributed by atoms with E-state index in [1.807, 2.05) is 4.90 Å². The van der Waals surface area contributed by atoms with E-state index in [-0.39, 0.29) is 61.2 Å². The van der Waals surface area contributed by atoms with Gasteiger partial charge in [0.1, 0.15) is 0 Å². The fourth-order valence-electron chi connectivity index (χ4n) is 6.37. The van der Waals surface area contributed by atoms with Crippen molar-refractivity contribution >= 4 is 23.7 Å². The monoisotopic (exact) mass is 446 g/mol. The van der Waals surface area contributed by atoms with Crippen molar-refractivity contribution in [3.8, 4) is 0 Å². The Morgan fingerprint density at radius 3 is 1.72 bits per heavy atom. The van der Waals surface area contributed by atoms with Crippen LogP contribution in [0.25, 0.3) is 0 Å². The van der Waals surface area contributed by atoms with E-state index in [4.69, 9.17) is 4.74 Å². The van der Waals surface area contributed by atoms with E-state index < -0.39 is 5.97 Å². The number of esters is 1. The average molecular weight is 447 g/mol. The lowest BCUT2D eigenvalue weighted by molar-refractivity contribution is -0.156. The topological polar surface area (TPSA) is 84.0 Å². The van der Waals surface area contributed by atoms with E-state index >= 15 is 0 Å². The molecule has 0 aromatic rings. The quantitative estimate of drug-likeness (QED) is 0.441. The van der Waals surface area contributed by atoms with Crippen molar-refractivity contribution in [3.05, 3.63) is 0 Å². The summed E-state index contributed by atoms with van der Waals surface area (Å²) in [4.78, 5) is 53.9. The van der Waals surface area contributed by atoms with Crippen LogP contribution in [0.15, 0.2) is 0 Å². The minimum Gasteiger partial charge on any atom is -0.456 e. The van der Waals surface area contributed by atoms with Gasteiger partial charge < -0.3 is 9.64 Å². The Hall–Kier alpha value is -1.92. The maximum Gasteiger partial charge on any atom is 0.308 e. The lowest BCUT2D eigenvalue weighted by Gasteiger charge is -2.41. The van der Waals surface area contributed by atoms with Gasteiger partial charge in [-0.1, -0.05) is 51.4 Å². The van der Waals surface area contributed by atoms with Gasteiger partial charge >= 0.3 is 5.97 Å². The molecule has 0 radical (unpaired) electrons. The highest BCUT2D eigenvalue weighted by atomic mass is 16.5. The van der Waals surface area contributed by atoms with Crippen LogP contribution < -0.4 is 0 Å². The summed E-state index contributed by atoms with van der Waals surface area (Å²) in [5, 5.41) is 0. The molecule has 0 spiro atoms.